The number of piperidine rings is 1. The van der Waals surface area contributed by atoms with Crippen LogP contribution >= 0.6 is 0 Å². The fourth-order valence-corrected chi connectivity index (χ4v) is 6.48. The van der Waals surface area contributed by atoms with E-state index in [0.29, 0.717) is 30.3 Å². The maximum atomic E-state index is 12.9. The SMILES string of the molecule is COc1ccc2c3c1O[C@H]1C(=O)CC[C@@]4(O)[C@@H]([C@@H]2O)N(CC2CC2)CC[C@]314. The number of carbonyl (C=O) groups excluding carboxylic acids is 1. The van der Waals surface area contributed by atoms with Gasteiger partial charge in [0.1, 0.15) is 0 Å². The minimum absolute atomic E-state index is 0.0506. The minimum Gasteiger partial charge on any atom is -0.493 e. The van der Waals surface area contributed by atoms with E-state index in [1.165, 1.54) is 12.8 Å². The maximum Gasteiger partial charge on any atom is 0.174 e. The molecule has 27 heavy (non-hydrogen) atoms. The van der Waals surface area contributed by atoms with Gasteiger partial charge in [0.15, 0.2) is 23.4 Å². The van der Waals surface area contributed by atoms with E-state index in [9.17, 15) is 15.0 Å². The lowest BCUT2D eigenvalue weighted by molar-refractivity contribution is -0.211. The first kappa shape index (κ1) is 16.3. The highest BCUT2D eigenvalue weighted by atomic mass is 16.5. The molecule has 1 aromatic carbocycles. The molecule has 0 amide bonds. The van der Waals surface area contributed by atoms with E-state index >= 15 is 0 Å². The molecule has 5 aliphatic rings. The highest BCUT2D eigenvalue weighted by Crippen LogP contribution is 2.66. The third-order valence-corrected chi connectivity index (χ3v) is 7.80. The summed E-state index contributed by atoms with van der Waals surface area (Å²) >= 11 is 0. The fourth-order valence-electron chi connectivity index (χ4n) is 6.48. The number of methoxy groups -OCH3 is 1. The summed E-state index contributed by atoms with van der Waals surface area (Å²) in [5, 5.41) is 23.5. The van der Waals surface area contributed by atoms with Gasteiger partial charge in [0, 0.05) is 18.5 Å². The molecule has 2 heterocycles. The minimum atomic E-state index is -1.16. The zero-order valence-corrected chi connectivity index (χ0v) is 15.5. The third-order valence-electron chi connectivity index (χ3n) is 7.80. The summed E-state index contributed by atoms with van der Waals surface area (Å²) in [5.41, 5.74) is -0.329. The Morgan fingerprint density at radius 1 is 1.33 bits per heavy atom. The highest BCUT2D eigenvalue weighted by molar-refractivity contribution is 5.90. The molecular weight excluding hydrogens is 346 g/mol. The normalized spacial score (nSPS) is 41.9. The Labute approximate surface area is 158 Å². The van der Waals surface area contributed by atoms with Crippen LogP contribution in [0.15, 0.2) is 12.1 Å². The van der Waals surface area contributed by atoms with Crippen molar-refractivity contribution in [2.75, 3.05) is 20.2 Å². The Hall–Kier alpha value is -1.63. The van der Waals surface area contributed by atoms with Gasteiger partial charge in [0.05, 0.1) is 30.3 Å². The van der Waals surface area contributed by atoms with Crippen molar-refractivity contribution in [3.63, 3.8) is 0 Å². The van der Waals surface area contributed by atoms with Crippen LogP contribution in [0.25, 0.3) is 0 Å². The third kappa shape index (κ3) is 1.75. The molecule has 144 valence electrons. The van der Waals surface area contributed by atoms with Crippen molar-refractivity contribution in [1.82, 2.24) is 4.90 Å². The van der Waals surface area contributed by atoms with Gasteiger partial charge in [-0.1, -0.05) is 6.07 Å². The summed E-state index contributed by atoms with van der Waals surface area (Å²) in [6.07, 6.45) is 2.32. The Bertz CT molecular complexity index is 851. The Morgan fingerprint density at radius 2 is 2.15 bits per heavy atom. The molecular formula is C21H25NO5. The second kappa shape index (κ2) is 5.04. The number of ketones is 1. The van der Waals surface area contributed by atoms with Gasteiger partial charge in [0.25, 0.3) is 0 Å². The summed E-state index contributed by atoms with van der Waals surface area (Å²) in [6.45, 7) is 1.68. The van der Waals surface area contributed by atoms with E-state index in [-0.39, 0.29) is 12.2 Å². The summed E-state index contributed by atoms with van der Waals surface area (Å²) < 4.78 is 11.7. The van der Waals surface area contributed by atoms with Gasteiger partial charge >= 0.3 is 0 Å². The van der Waals surface area contributed by atoms with Crippen molar-refractivity contribution in [3.8, 4) is 11.5 Å². The highest BCUT2D eigenvalue weighted by Gasteiger charge is 2.75. The number of benzene rings is 1. The second-order valence-electron chi connectivity index (χ2n) is 9.00. The number of likely N-dealkylation sites (tertiary alicyclic amines) is 1. The van der Waals surface area contributed by atoms with Gasteiger partial charge < -0.3 is 19.7 Å². The Morgan fingerprint density at radius 3 is 2.89 bits per heavy atom. The Kier molecular flexibility index (Phi) is 3.05. The lowest BCUT2D eigenvalue weighted by Gasteiger charge is -2.63. The van der Waals surface area contributed by atoms with Gasteiger partial charge in [-0.2, -0.15) is 0 Å². The molecule has 0 radical (unpaired) electrons. The van der Waals surface area contributed by atoms with Crippen molar-refractivity contribution < 1.29 is 24.5 Å². The maximum absolute atomic E-state index is 12.9. The first-order chi connectivity index (χ1) is 13.0. The summed E-state index contributed by atoms with van der Waals surface area (Å²) in [6, 6.07) is 3.31. The molecule has 6 rings (SSSR count). The van der Waals surface area contributed by atoms with Gasteiger partial charge in [-0.05, 0) is 49.8 Å². The van der Waals surface area contributed by atoms with E-state index in [1.54, 1.807) is 13.2 Å². The molecule has 0 unspecified atom stereocenters. The molecule has 3 aliphatic carbocycles. The first-order valence-electron chi connectivity index (χ1n) is 10.1. The monoisotopic (exact) mass is 371 g/mol. The molecule has 1 spiro atoms. The summed E-state index contributed by atoms with van der Waals surface area (Å²) in [4.78, 5) is 15.1. The van der Waals surface area contributed by atoms with E-state index in [1.807, 2.05) is 6.07 Å². The van der Waals surface area contributed by atoms with Crippen molar-refractivity contribution in [2.45, 2.75) is 61.4 Å². The summed E-state index contributed by atoms with van der Waals surface area (Å²) in [5.74, 6) is 1.83. The molecule has 2 bridgehead atoms. The molecule has 3 fully saturated rings. The molecule has 6 heteroatoms. The lowest BCUT2D eigenvalue weighted by atomic mass is 9.48. The molecule has 2 aliphatic heterocycles. The van der Waals surface area contributed by atoms with Crippen LogP contribution in [0.5, 0.6) is 11.5 Å². The predicted octanol–water partition coefficient (Wildman–Crippen LogP) is 1.32. The molecule has 6 nitrogen and oxygen atoms in total. The molecule has 2 saturated carbocycles. The quantitative estimate of drug-likeness (QED) is 0.834. The predicted molar refractivity (Wildman–Crippen MR) is 95.9 cm³/mol. The largest absolute Gasteiger partial charge is 0.493 e. The van der Waals surface area contributed by atoms with E-state index < -0.39 is 29.3 Å². The van der Waals surface area contributed by atoms with Gasteiger partial charge in [-0.15, -0.1) is 0 Å². The Balaban J connectivity index is 1.61. The standard InChI is InChI=1S/C21H25NO5/c1-26-14-5-4-12-15-17(14)27-19-13(23)6-7-21(25)18(16(12)24)22(10-11-2-3-11)9-8-20(15,19)21/h4-5,11,16,18-19,24-25H,2-3,6-10H2,1H3/t16-,18-,19+,20+,21-/m1/s1. The van der Waals surface area contributed by atoms with Gasteiger partial charge in [0.2, 0.25) is 0 Å². The number of hydrogen-bond acceptors (Lipinski definition) is 6. The van der Waals surface area contributed by atoms with Gasteiger partial charge in [-0.3, -0.25) is 9.69 Å². The van der Waals surface area contributed by atoms with Crippen LogP contribution in [-0.2, 0) is 10.2 Å². The second-order valence-corrected chi connectivity index (χ2v) is 9.00. The number of rotatable bonds is 3. The zero-order chi connectivity index (χ0) is 18.6. The van der Waals surface area contributed by atoms with E-state index in [0.717, 1.165) is 24.2 Å². The number of aliphatic hydroxyl groups is 2. The molecule has 2 N–H and O–H groups in total. The number of ether oxygens (including phenoxy) is 2. The van der Waals surface area contributed by atoms with Crippen LogP contribution in [0.3, 0.4) is 0 Å². The first-order valence-corrected chi connectivity index (χ1v) is 10.1. The molecule has 1 saturated heterocycles. The number of nitrogens with zero attached hydrogens (tertiary/aromatic N) is 1. The smallest absolute Gasteiger partial charge is 0.174 e. The zero-order valence-electron chi connectivity index (χ0n) is 15.5. The van der Waals surface area contributed by atoms with Crippen LogP contribution in [0.1, 0.15) is 49.3 Å². The van der Waals surface area contributed by atoms with Crippen molar-refractivity contribution in [2.24, 2.45) is 5.92 Å². The molecule has 0 aromatic heterocycles. The number of hydrogen-bond donors (Lipinski definition) is 2. The number of carbonyl (C=O) groups is 1. The average molecular weight is 371 g/mol. The van der Waals surface area contributed by atoms with E-state index in [2.05, 4.69) is 4.90 Å². The van der Waals surface area contributed by atoms with Gasteiger partial charge in [-0.25, -0.2) is 0 Å². The lowest BCUT2D eigenvalue weighted by Crippen LogP contribution is -2.77. The average Bonchev–Trinajstić information content (AvgIpc) is 3.40. The topological polar surface area (TPSA) is 79.2 Å². The van der Waals surface area contributed by atoms with Crippen LogP contribution in [0.4, 0.5) is 0 Å². The van der Waals surface area contributed by atoms with Crippen LogP contribution in [-0.4, -0.2) is 58.8 Å². The van der Waals surface area contributed by atoms with E-state index in [4.69, 9.17) is 9.47 Å². The molecule has 5 atom stereocenters. The number of aliphatic hydroxyl groups excluding tert-OH is 1. The molecule has 1 aromatic rings. The van der Waals surface area contributed by atoms with Crippen LogP contribution < -0.4 is 9.47 Å². The van der Waals surface area contributed by atoms with Crippen LogP contribution in [0.2, 0.25) is 0 Å². The fraction of sp³-hybridized carbons (Fsp3) is 0.667. The van der Waals surface area contributed by atoms with Crippen molar-refractivity contribution in [1.29, 1.82) is 0 Å². The van der Waals surface area contributed by atoms with Crippen molar-refractivity contribution in [3.05, 3.63) is 23.3 Å². The summed E-state index contributed by atoms with van der Waals surface area (Å²) in [7, 11) is 1.58. The number of Topliss-reactive ketones (excluding diaryl/α,β-unsaturated/α-hetero) is 1. The van der Waals surface area contributed by atoms with Crippen LogP contribution in [0, 0.1) is 5.92 Å². The van der Waals surface area contributed by atoms with Crippen molar-refractivity contribution >= 4 is 5.78 Å².